The first kappa shape index (κ1) is 13.0. The minimum atomic E-state index is 0.398. The largest absolute Gasteiger partial charge is 0.496 e. The van der Waals surface area contributed by atoms with Crippen LogP contribution in [-0.2, 0) is 0 Å². The minimum Gasteiger partial charge on any atom is -0.496 e. The van der Waals surface area contributed by atoms with Gasteiger partial charge in [0.25, 0.3) is 5.65 Å². The highest BCUT2D eigenvalue weighted by atomic mass is 16.5. The van der Waals surface area contributed by atoms with Gasteiger partial charge in [0.1, 0.15) is 41.1 Å². The van der Waals surface area contributed by atoms with Crippen LogP contribution in [0, 0.1) is 18.3 Å². The van der Waals surface area contributed by atoms with Crippen molar-refractivity contribution in [1.29, 1.82) is 5.26 Å². The normalized spacial score (nSPS) is 11.9. The van der Waals surface area contributed by atoms with Crippen LogP contribution in [0.4, 0.5) is 5.82 Å². The Labute approximate surface area is 136 Å². The summed E-state index contributed by atoms with van der Waals surface area (Å²) in [5.41, 5.74) is 12.0. The fraction of sp³-hybridized carbons (Fsp3) is 0.118. The average Bonchev–Trinajstić information content (AvgIpc) is 3.13. The number of nitrogens with zero attached hydrogens (tertiary/aromatic N) is 5. The number of benzene rings is 1. The predicted molar refractivity (Wildman–Crippen MR) is 88.4 cm³/mol. The summed E-state index contributed by atoms with van der Waals surface area (Å²) in [6.07, 6.45) is 5.64. The number of nitrogens with two attached hydrogens (primary N) is 1. The van der Waals surface area contributed by atoms with Crippen LogP contribution in [0.5, 0.6) is 5.75 Å². The third-order valence-electron chi connectivity index (χ3n) is 4.73. The molecule has 0 radical (unpaired) electrons. The molecule has 5 aromatic rings. The van der Waals surface area contributed by atoms with Crippen LogP contribution in [0.3, 0.4) is 0 Å². The molecule has 0 spiro atoms. The summed E-state index contributed by atoms with van der Waals surface area (Å²) in [4.78, 5) is 4.45. The second-order valence-corrected chi connectivity index (χ2v) is 5.81. The number of hydrogen-bond donors (Lipinski definition) is 1. The van der Waals surface area contributed by atoms with Crippen LogP contribution in [0.1, 0.15) is 11.1 Å². The van der Waals surface area contributed by atoms with Crippen molar-refractivity contribution in [2.24, 2.45) is 0 Å². The molecule has 0 atom stereocenters. The lowest BCUT2D eigenvalue weighted by atomic mass is 10.1. The summed E-state index contributed by atoms with van der Waals surface area (Å²) in [5.74, 6) is 1.18. The molecule has 2 N–H and O–H groups in total. The SMILES string of the molecule is COc1ccc2c(c1C)n1c(N)c(C#N)c3nc[n+]4ccn2c4c31. The molecular formula is C17H13N6O+. The lowest BCUT2D eigenvalue weighted by Crippen LogP contribution is -2.20. The van der Waals surface area contributed by atoms with E-state index < -0.39 is 0 Å². The fourth-order valence-corrected chi connectivity index (χ4v) is 3.67. The van der Waals surface area contributed by atoms with E-state index in [-0.39, 0.29) is 0 Å². The van der Waals surface area contributed by atoms with Gasteiger partial charge in [-0.3, -0.25) is 4.40 Å². The Balaban J connectivity index is 2.26. The maximum atomic E-state index is 9.56. The topological polar surface area (TPSA) is 84.8 Å². The number of hydrogen-bond acceptors (Lipinski definition) is 4. The zero-order chi connectivity index (χ0) is 16.6. The summed E-state index contributed by atoms with van der Waals surface area (Å²) in [6.45, 7) is 1.99. The van der Waals surface area contributed by atoms with E-state index in [4.69, 9.17) is 10.5 Å². The summed E-state index contributed by atoms with van der Waals surface area (Å²) >= 11 is 0. The van der Waals surface area contributed by atoms with Gasteiger partial charge in [-0.15, -0.1) is 4.98 Å². The van der Waals surface area contributed by atoms with Gasteiger partial charge in [-0.05, 0) is 19.1 Å². The van der Waals surface area contributed by atoms with Crippen LogP contribution in [-0.4, -0.2) is 20.9 Å². The first-order valence-electron chi connectivity index (χ1n) is 7.47. The second kappa shape index (κ2) is 4.06. The standard InChI is InChI=1S/C17H12N6O/c1-9-12(24-2)4-3-11-14(9)23-15-13(10(7-18)16(23)19)20-8-21-5-6-22(11)17(15)21/h3-6,8,19H,1-2H3/p+1. The van der Waals surface area contributed by atoms with E-state index in [0.717, 1.165) is 33.5 Å². The molecule has 1 aromatic carbocycles. The van der Waals surface area contributed by atoms with Crippen molar-refractivity contribution < 1.29 is 9.14 Å². The van der Waals surface area contributed by atoms with Crippen molar-refractivity contribution in [2.75, 3.05) is 12.8 Å². The van der Waals surface area contributed by atoms with Gasteiger partial charge >= 0.3 is 0 Å². The summed E-state index contributed by atoms with van der Waals surface area (Å²) in [6, 6.07) is 6.14. The number of aromatic nitrogens is 4. The summed E-state index contributed by atoms with van der Waals surface area (Å²) in [7, 11) is 1.64. The van der Waals surface area contributed by atoms with E-state index in [0.29, 0.717) is 16.9 Å². The number of ether oxygens (including phenoxy) is 1. The number of imidazole rings is 1. The van der Waals surface area contributed by atoms with Gasteiger partial charge in [-0.25, -0.2) is 8.80 Å². The number of fused-ring (bicyclic) bond motifs is 3. The van der Waals surface area contributed by atoms with Crippen LogP contribution in [0.15, 0.2) is 30.9 Å². The third kappa shape index (κ3) is 1.24. The van der Waals surface area contributed by atoms with Crippen molar-refractivity contribution >= 4 is 33.5 Å². The minimum absolute atomic E-state index is 0.398. The van der Waals surface area contributed by atoms with E-state index in [2.05, 4.69) is 15.5 Å². The van der Waals surface area contributed by atoms with Gasteiger partial charge in [0.15, 0.2) is 11.0 Å². The summed E-state index contributed by atoms with van der Waals surface area (Å²) in [5, 5.41) is 9.56. The Morgan fingerprint density at radius 1 is 1.33 bits per heavy atom. The smallest absolute Gasteiger partial charge is 0.266 e. The van der Waals surface area contributed by atoms with Crippen molar-refractivity contribution in [3.05, 3.63) is 42.0 Å². The molecular weight excluding hydrogens is 304 g/mol. The summed E-state index contributed by atoms with van der Waals surface area (Å²) < 4.78 is 11.4. The van der Waals surface area contributed by atoms with Crippen LogP contribution in [0.25, 0.3) is 27.7 Å². The number of anilines is 1. The van der Waals surface area contributed by atoms with E-state index in [1.807, 2.05) is 40.3 Å². The number of nitrogen functional groups attached to an aromatic ring is 1. The molecule has 4 heterocycles. The fourth-order valence-electron chi connectivity index (χ4n) is 3.67. The number of methoxy groups -OCH3 is 1. The van der Waals surface area contributed by atoms with E-state index >= 15 is 0 Å². The van der Waals surface area contributed by atoms with Crippen LogP contribution >= 0.6 is 0 Å². The Morgan fingerprint density at radius 3 is 2.92 bits per heavy atom. The first-order chi connectivity index (χ1) is 11.7. The van der Waals surface area contributed by atoms with Gasteiger partial charge in [-0.1, -0.05) is 0 Å². The second-order valence-electron chi connectivity index (χ2n) is 5.81. The molecule has 4 aromatic heterocycles. The van der Waals surface area contributed by atoms with Crippen LogP contribution in [0.2, 0.25) is 0 Å². The molecule has 5 rings (SSSR count). The quantitative estimate of drug-likeness (QED) is 0.376. The molecule has 0 fully saturated rings. The Bertz CT molecular complexity index is 1320. The monoisotopic (exact) mass is 317 g/mol. The maximum absolute atomic E-state index is 9.56. The van der Waals surface area contributed by atoms with E-state index in [9.17, 15) is 5.26 Å². The molecule has 0 aliphatic heterocycles. The lowest BCUT2D eigenvalue weighted by molar-refractivity contribution is -0.512. The Hall–Kier alpha value is -3.53. The average molecular weight is 317 g/mol. The van der Waals surface area contributed by atoms with Gasteiger partial charge in [0, 0.05) is 5.56 Å². The number of aryl methyl sites for hydroxylation is 1. The molecule has 24 heavy (non-hydrogen) atoms. The molecule has 0 aliphatic carbocycles. The lowest BCUT2D eigenvalue weighted by Gasteiger charge is -2.11. The third-order valence-corrected chi connectivity index (χ3v) is 4.73. The van der Waals surface area contributed by atoms with Crippen molar-refractivity contribution in [2.45, 2.75) is 6.92 Å². The molecule has 0 unspecified atom stereocenters. The Morgan fingerprint density at radius 2 is 2.17 bits per heavy atom. The van der Waals surface area contributed by atoms with E-state index in [1.165, 1.54) is 0 Å². The highest BCUT2D eigenvalue weighted by Crippen LogP contribution is 2.35. The van der Waals surface area contributed by atoms with Gasteiger partial charge in [0.2, 0.25) is 6.33 Å². The molecule has 7 nitrogen and oxygen atoms in total. The molecule has 0 saturated carbocycles. The number of rotatable bonds is 1. The van der Waals surface area contributed by atoms with Gasteiger partial charge in [-0.2, -0.15) is 5.26 Å². The van der Waals surface area contributed by atoms with Crippen molar-refractivity contribution in [3.63, 3.8) is 0 Å². The first-order valence-corrected chi connectivity index (χ1v) is 7.47. The zero-order valence-electron chi connectivity index (χ0n) is 13.1. The molecule has 0 aliphatic rings. The number of nitriles is 1. The van der Waals surface area contributed by atoms with Gasteiger partial charge < -0.3 is 10.5 Å². The van der Waals surface area contributed by atoms with Gasteiger partial charge in [0.05, 0.1) is 12.6 Å². The van der Waals surface area contributed by atoms with Crippen molar-refractivity contribution in [1.82, 2.24) is 13.8 Å². The maximum Gasteiger partial charge on any atom is 0.266 e. The highest BCUT2D eigenvalue weighted by molar-refractivity contribution is 6.02. The van der Waals surface area contributed by atoms with E-state index in [1.54, 1.807) is 13.4 Å². The van der Waals surface area contributed by atoms with Crippen LogP contribution < -0.4 is 14.9 Å². The predicted octanol–water partition coefficient (Wildman–Crippen LogP) is 1.69. The zero-order valence-corrected chi connectivity index (χ0v) is 13.1. The molecule has 0 saturated heterocycles. The molecule has 116 valence electrons. The Kier molecular flexibility index (Phi) is 2.19. The highest BCUT2D eigenvalue weighted by Gasteiger charge is 2.28. The molecule has 0 bridgehead atoms. The molecule has 7 heteroatoms. The van der Waals surface area contributed by atoms with Crippen molar-refractivity contribution in [3.8, 4) is 11.8 Å². The molecule has 0 amide bonds.